The Kier molecular flexibility index (Phi) is 13.6. The first-order valence-electron chi connectivity index (χ1n) is 14.7. The zero-order valence-corrected chi connectivity index (χ0v) is 23.6. The number of halogens is 1. The smallest absolute Gasteiger partial charge is 0.251 e. The second-order valence-electron chi connectivity index (χ2n) is 10.3. The number of aromatic nitrogens is 2. The minimum Gasteiger partial charge on any atom is -0.352 e. The van der Waals surface area contributed by atoms with Crippen LogP contribution in [0.3, 0.4) is 0 Å². The molecule has 2 aromatic carbocycles. The number of fused-ring (bicyclic) bond motifs is 1. The van der Waals surface area contributed by atoms with Crippen molar-refractivity contribution in [2.24, 2.45) is 0 Å². The van der Waals surface area contributed by atoms with Gasteiger partial charge in [0.15, 0.2) is 0 Å². The van der Waals surface area contributed by atoms with Gasteiger partial charge in [0.05, 0.1) is 11.0 Å². The van der Waals surface area contributed by atoms with Crippen molar-refractivity contribution in [3.05, 3.63) is 64.9 Å². The zero-order valence-electron chi connectivity index (χ0n) is 22.8. The van der Waals surface area contributed by atoms with Gasteiger partial charge in [0, 0.05) is 30.1 Å². The van der Waals surface area contributed by atoms with Crippen molar-refractivity contribution >= 4 is 28.5 Å². The molecule has 37 heavy (non-hydrogen) atoms. The molecule has 0 aliphatic carbocycles. The number of benzene rings is 2. The number of aryl methyl sites for hydroxylation is 1. The van der Waals surface area contributed by atoms with Gasteiger partial charge in [0.25, 0.3) is 5.91 Å². The van der Waals surface area contributed by atoms with Crippen molar-refractivity contribution in [1.29, 1.82) is 0 Å². The van der Waals surface area contributed by atoms with Crippen LogP contribution in [0.1, 0.15) is 113 Å². The zero-order chi connectivity index (χ0) is 26.1. The molecule has 0 saturated carbocycles. The Hall–Kier alpha value is -2.33. The fourth-order valence-electron chi connectivity index (χ4n) is 5.02. The molecule has 0 saturated heterocycles. The number of amides is 1. The lowest BCUT2D eigenvalue weighted by Gasteiger charge is -2.10. The molecule has 1 aromatic heterocycles. The second-order valence-corrected chi connectivity index (χ2v) is 10.7. The quantitative estimate of drug-likeness (QED) is 0.159. The molecule has 3 rings (SSSR count). The second kappa shape index (κ2) is 17.2. The molecule has 202 valence electrons. The average Bonchev–Trinajstić information content (AvgIpc) is 3.26. The maximum Gasteiger partial charge on any atom is 0.251 e. The van der Waals surface area contributed by atoms with Crippen molar-refractivity contribution in [1.82, 2.24) is 14.9 Å². The molecule has 5 heteroatoms. The summed E-state index contributed by atoms with van der Waals surface area (Å²) in [5.41, 5.74) is 2.85. The van der Waals surface area contributed by atoms with E-state index >= 15 is 0 Å². The van der Waals surface area contributed by atoms with Gasteiger partial charge < -0.3 is 9.88 Å². The molecule has 4 nitrogen and oxygen atoms in total. The summed E-state index contributed by atoms with van der Waals surface area (Å²) in [5, 5.41) is 3.66. The number of nitrogens with zero attached hydrogens (tertiary/aromatic N) is 2. The molecule has 0 atom stereocenters. The number of unbranched alkanes of at least 4 members (excludes halogenated alkanes) is 13. The minimum atomic E-state index is -0.0775. The number of imidazole rings is 1. The highest BCUT2D eigenvalue weighted by atomic mass is 35.5. The lowest BCUT2D eigenvalue weighted by atomic mass is 10.0. The first kappa shape index (κ1) is 29.2. The molecule has 0 aliphatic heterocycles. The maximum absolute atomic E-state index is 12.4. The molecule has 0 radical (unpaired) electrons. The predicted molar refractivity (Wildman–Crippen MR) is 158 cm³/mol. The van der Waals surface area contributed by atoms with Crippen LogP contribution in [0.25, 0.3) is 11.0 Å². The van der Waals surface area contributed by atoms with Crippen LogP contribution in [0.4, 0.5) is 0 Å². The van der Waals surface area contributed by atoms with Crippen LogP contribution in [-0.2, 0) is 13.0 Å². The van der Waals surface area contributed by atoms with Crippen LogP contribution in [0.15, 0.2) is 48.5 Å². The molecule has 0 spiro atoms. The molecule has 1 heterocycles. The van der Waals surface area contributed by atoms with Crippen LogP contribution in [0.5, 0.6) is 0 Å². The highest BCUT2D eigenvalue weighted by molar-refractivity contribution is 6.30. The van der Waals surface area contributed by atoms with Gasteiger partial charge in [0.2, 0.25) is 0 Å². The summed E-state index contributed by atoms with van der Waals surface area (Å²) in [4.78, 5) is 17.3. The van der Waals surface area contributed by atoms with Gasteiger partial charge >= 0.3 is 0 Å². The summed E-state index contributed by atoms with van der Waals surface area (Å²) in [6.45, 7) is 3.83. The Morgan fingerprint density at radius 2 is 1.35 bits per heavy atom. The number of para-hydroxylation sites is 2. The third kappa shape index (κ3) is 10.5. The van der Waals surface area contributed by atoms with Gasteiger partial charge in [-0.25, -0.2) is 4.98 Å². The van der Waals surface area contributed by atoms with Crippen LogP contribution < -0.4 is 5.32 Å². The van der Waals surface area contributed by atoms with Crippen molar-refractivity contribution in [3.8, 4) is 0 Å². The molecule has 0 unspecified atom stereocenters. The fourth-order valence-corrected chi connectivity index (χ4v) is 5.15. The van der Waals surface area contributed by atoms with E-state index in [1.807, 2.05) is 6.07 Å². The normalized spacial score (nSPS) is 11.3. The SMILES string of the molecule is CCCCCCCCCCCCCCCCn1c(CCNC(=O)c2ccc(Cl)cc2)nc2ccccc21. The number of carbonyl (C=O) groups excluding carboxylic acids is 1. The van der Waals surface area contributed by atoms with E-state index in [0.29, 0.717) is 23.6 Å². The highest BCUT2D eigenvalue weighted by Crippen LogP contribution is 2.19. The minimum absolute atomic E-state index is 0.0775. The summed E-state index contributed by atoms with van der Waals surface area (Å²) in [7, 11) is 0. The first-order valence-corrected chi connectivity index (χ1v) is 15.0. The summed E-state index contributed by atoms with van der Waals surface area (Å²) in [6.07, 6.45) is 19.9. The van der Waals surface area contributed by atoms with Gasteiger partial charge in [-0.3, -0.25) is 4.79 Å². The fraction of sp³-hybridized carbons (Fsp3) is 0.562. The Morgan fingerprint density at radius 3 is 1.97 bits per heavy atom. The number of carbonyl (C=O) groups is 1. The van der Waals surface area contributed by atoms with Crippen molar-refractivity contribution in [2.75, 3.05) is 6.54 Å². The van der Waals surface area contributed by atoms with Crippen LogP contribution in [-0.4, -0.2) is 22.0 Å². The Labute approximate surface area is 229 Å². The Morgan fingerprint density at radius 1 is 0.784 bits per heavy atom. The number of hydrogen-bond acceptors (Lipinski definition) is 2. The van der Waals surface area contributed by atoms with E-state index in [2.05, 4.69) is 35.0 Å². The van der Waals surface area contributed by atoms with Crippen molar-refractivity contribution < 1.29 is 4.79 Å². The lowest BCUT2D eigenvalue weighted by molar-refractivity contribution is 0.0954. The predicted octanol–water partition coefficient (Wildman–Crippen LogP) is 9.14. The molecule has 1 amide bonds. The molecule has 1 N–H and O–H groups in total. The van der Waals surface area contributed by atoms with Gasteiger partial charge in [-0.15, -0.1) is 0 Å². The first-order chi connectivity index (χ1) is 18.2. The molecule has 0 fully saturated rings. The van der Waals surface area contributed by atoms with Crippen molar-refractivity contribution in [2.45, 2.75) is 110 Å². The van der Waals surface area contributed by atoms with E-state index in [1.54, 1.807) is 24.3 Å². The van der Waals surface area contributed by atoms with E-state index in [0.717, 1.165) is 17.9 Å². The van der Waals surface area contributed by atoms with Gasteiger partial charge in [-0.1, -0.05) is 114 Å². The van der Waals surface area contributed by atoms with E-state index < -0.39 is 0 Å². The molecule has 3 aromatic rings. The highest BCUT2D eigenvalue weighted by Gasteiger charge is 2.11. The average molecular weight is 524 g/mol. The molecular weight excluding hydrogens is 478 g/mol. The summed E-state index contributed by atoms with van der Waals surface area (Å²) in [6, 6.07) is 15.3. The van der Waals surface area contributed by atoms with Gasteiger partial charge in [-0.05, 0) is 42.8 Å². The van der Waals surface area contributed by atoms with Crippen LogP contribution in [0.2, 0.25) is 5.02 Å². The molecule has 0 aliphatic rings. The third-order valence-corrected chi connectivity index (χ3v) is 7.46. The number of nitrogens with one attached hydrogen (secondary N) is 1. The standard InChI is InChI=1S/C32H46ClN3O/c1-2-3-4-5-6-7-8-9-10-11-12-13-14-17-26-36-30-19-16-15-18-29(30)35-31(36)24-25-34-32(37)27-20-22-28(33)23-21-27/h15-16,18-23H,2-14,17,24-26H2,1H3,(H,34,37). The van der Waals surface area contributed by atoms with E-state index in [-0.39, 0.29) is 5.91 Å². The van der Waals surface area contributed by atoms with Crippen LogP contribution >= 0.6 is 11.6 Å². The van der Waals surface area contributed by atoms with Gasteiger partial charge in [0.1, 0.15) is 5.82 Å². The van der Waals surface area contributed by atoms with Crippen molar-refractivity contribution in [3.63, 3.8) is 0 Å². The largest absolute Gasteiger partial charge is 0.352 e. The summed E-state index contributed by atoms with van der Waals surface area (Å²) in [5.74, 6) is 0.971. The van der Waals surface area contributed by atoms with E-state index in [9.17, 15) is 4.79 Å². The summed E-state index contributed by atoms with van der Waals surface area (Å²) >= 11 is 5.93. The topological polar surface area (TPSA) is 46.9 Å². The van der Waals surface area contributed by atoms with E-state index in [1.165, 1.54) is 95.4 Å². The maximum atomic E-state index is 12.4. The summed E-state index contributed by atoms with van der Waals surface area (Å²) < 4.78 is 2.35. The molecular formula is C32H46ClN3O. The van der Waals surface area contributed by atoms with Gasteiger partial charge in [-0.2, -0.15) is 0 Å². The Balaban J connectivity index is 1.33. The van der Waals surface area contributed by atoms with Crippen LogP contribution in [0, 0.1) is 0 Å². The van der Waals surface area contributed by atoms with E-state index in [4.69, 9.17) is 16.6 Å². The third-order valence-electron chi connectivity index (χ3n) is 7.21. The number of hydrogen-bond donors (Lipinski definition) is 1. The lowest BCUT2D eigenvalue weighted by Crippen LogP contribution is -2.26. The molecule has 0 bridgehead atoms. The Bertz CT molecular complexity index is 1040. The number of rotatable bonds is 19. The monoisotopic (exact) mass is 523 g/mol.